The molecule has 0 N–H and O–H groups in total. The Morgan fingerprint density at radius 2 is 2.12 bits per heavy atom. The summed E-state index contributed by atoms with van der Waals surface area (Å²) >= 11 is 1.28. The second kappa shape index (κ2) is 6.40. The predicted molar refractivity (Wildman–Crippen MR) is 94.6 cm³/mol. The molecule has 7 heteroatoms. The molecule has 3 aromatic rings. The zero-order valence-electron chi connectivity index (χ0n) is 13.9. The Balaban J connectivity index is 1.48. The van der Waals surface area contributed by atoms with Crippen molar-refractivity contribution in [3.8, 4) is 11.5 Å². The minimum Gasteiger partial charge on any atom is -0.469 e. The van der Waals surface area contributed by atoms with Crippen molar-refractivity contribution in [2.24, 2.45) is 0 Å². The highest BCUT2D eigenvalue weighted by molar-refractivity contribution is 8.00. The molecule has 0 spiro atoms. The van der Waals surface area contributed by atoms with Crippen molar-refractivity contribution in [3.63, 3.8) is 0 Å². The third-order valence-electron chi connectivity index (χ3n) is 4.27. The first-order chi connectivity index (χ1) is 12.1. The Hall–Kier alpha value is -2.54. The van der Waals surface area contributed by atoms with Gasteiger partial charge < -0.3 is 13.7 Å². The Kier molecular flexibility index (Phi) is 4.09. The molecule has 1 aliphatic heterocycles. The number of carbonyl (C=O) groups is 1. The summed E-state index contributed by atoms with van der Waals surface area (Å²) in [5, 5.41) is 8.15. The lowest BCUT2D eigenvalue weighted by molar-refractivity contribution is -0.117. The molecule has 128 valence electrons. The Morgan fingerprint density at radius 1 is 1.28 bits per heavy atom. The van der Waals surface area contributed by atoms with E-state index in [9.17, 15) is 4.79 Å². The van der Waals surface area contributed by atoms with Gasteiger partial charge in [-0.05, 0) is 38.0 Å². The number of benzene rings is 1. The molecule has 0 saturated heterocycles. The van der Waals surface area contributed by atoms with Crippen molar-refractivity contribution in [2.75, 3.05) is 11.4 Å². The fraction of sp³-hybridized carbons (Fsp3) is 0.278. The number of carbonyl (C=O) groups excluding carboxylic acids is 1. The van der Waals surface area contributed by atoms with Crippen LogP contribution < -0.4 is 4.90 Å². The maximum Gasteiger partial charge on any atom is 0.277 e. The van der Waals surface area contributed by atoms with Crippen LogP contribution in [0.3, 0.4) is 0 Å². The quantitative estimate of drug-likeness (QED) is 0.664. The number of nitrogens with zero attached hydrogens (tertiary/aromatic N) is 3. The van der Waals surface area contributed by atoms with Crippen LogP contribution in [0.5, 0.6) is 0 Å². The van der Waals surface area contributed by atoms with Crippen molar-refractivity contribution < 1.29 is 13.6 Å². The number of para-hydroxylation sites is 1. The first kappa shape index (κ1) is 16.0. The van der Waals surface area contributed by atoms with E-state index in [4.69, 9.17) is 8.83 Å². The first-order valence-electron chi connectivity index (χ1n) is 8.07. The molecule has 0 fully saturated rings. The SMILES string of the molecule is Cc1occc1-c1nnc(SC(C)C(=O)N2CCc3ccccc32)o1. The van der Waals surface area contributed by atoms with E-state index in [1.807, 2.05) is 36.9 Å². The number of thioether (sulfide) groups is 1. The number of aryl methyl sites for hydroxylation is 1. The van der Waals surface area contributed by atoms with Crippen molar-refractivity contribution in [3.05, 3.63) is 47.9 Å². The van der Waals surface area contributed by atoms with Gasteiger partial charge in [-0.3, -0.25) is 4.79 Å². The van der Waals surface area contributed by atoms with Crippen LogP contribution in [0.25, 0.3) is 11.5 Å². The van der Waals surface area contributed by atoms with E-state index >= 15 is 0 Å². The fourth-order valence-corrected chi connectivity index (χ4v) is 3.71. The number of fused-ring (bicyclic) bond motifs is 1. The van der Waals surface area contributed by atoms with Crippen molar-refractivity contribution >= 4 is 23.4 Å². The van der Waals surface area contributed by atoms with E-state index in [0.717, 1.165) is 23.4 Å². The van der Waals surface area contributed by atoms with Gasteiger partial charge >= 0.3 is 0 Å². The Morgan fingerprint density at radius 3 is 2.92 bits per heavy atom. The summed E-state index contributed by atoms with van der Waals surface area (Å²) < 4.78 is 10.9. The first-order valence-corrected chi connectivity index (χ1v) is 8.95. The van der Waals surface area contributed by atoms with E-state index in [0.29, 0.717) is 17.7 Å². The van der Waals surface area contributed by atoms with Gasteiger partial charge in [-0.1, -0.05) is 30.0 Å². The van der Waals surface area contributed by atoms with Crippen molar-refractivity contribution in [1.82, 2.24) is 10.2 Å². The summed E-state index contributed by atoms with van der Waals surface area (Å²) in [6.45, 7) is 4.41. The maximum atomic E-state index is 12.8. The number of hydrogen-bond acceptors (Lipinski definition) is 6. The molecular weight excluding hydrogens is 338 g/mol. The van der Waals surface area contributed by atoms with E-state index in [1.54, 1.807) is 12.3 Å². The van der Waals surface area contributed by atoms with Gasteiger partial charge in [-0.25, -0.2) is 0 Å². The van der Waals surface area contributed by atoms with Crippen LogP contribution in [0.2, 0.25) is 0 Å². The summed E-state index contributed by atoms with van der Waals surface area (Å²) in [6.07, 6.45) is 2.47. The van der Waals surface area contributed by atoms with Gasteiger partial charge in [0.25, 0.3) is 11.1 Å². The average Bonchev–Trinajstić information content (AvgIpc) is 3.33. The van der Waals surface area contributed by atoms with Crippen LogP contribution in [-0.2, 0) is 11.2 Å². The molecular formula is C18H17N3O3S. The van der Waals surface area contributed by atoms with Crippen LogP contribution in [-0.4, -0.2) is 27.9 Å². The molecule has 25 heavy (non-hydrogen) atoms. The van der Waals surface area contributed by atoms with Gasteiger partial charge in [0.05, 0.1) is 17.1 Å². The smallest absolute Gasteiger partial charge is 0.277 e. The normalized spacial score (nSPS) is 14.6. The minimum absolute atomic E-state index is 0.0502. The minimum atomic E-state index is -0.315. The molecule has 1 aromatic carbocycles. The highest BCUT2D eigenvalue weighted by atomic mass is 32.2. The van der Waals surface area contributed by atoms with Gasteiger partial charge in [0.2, 0.25) is 5.91 Å². The molecule has 0 bridgehead atoms. The summed E-state index contributed by atoms with van der Waals surface area (Å²) in [5.41, 5.74) is 2.98. The summed E-state index contributed by atoms with van der Waals surface area (Å²) in [4.78, 5) is 14.6. The highest BCUT2D eigenvalue weighted by Crippen LogP contribution is 2.32. The van der Waals surface area contributed by atoms with Crippen LogP contribution in [0.15, 0.2) is 50.7 Å². The molecule has 0 saturated carbocycles. The van der Waals surface area contributed by atoms with E-state index in [2.05, 4.69) is 16.3 Å². The number of rotatable bonds is 4. The molecule has 0 radical (unpaired) electrons. The number of anilines is 1. The molecule has 3 heterocycles. The Labute approximate surface area is 149 Å². The largest absolute Gasteiger partial charge is 0.469 e. The van der Waals surface area contributed by atoms with Gasteiger partial charge in [0.15, 0.2) is 0 Å². The molecule has 4 rings (SSSR count). The van der Waals surface area contributed by atoms with E-state index < -0.39 is 0 Å². The summed E-state index contributed by atoms with van der Waals surface area (Å²) in [7, 11) is 0. The van der Waals surface area contributed by atoms with Crippen LogP contribution in [0.4, 0.5) is 5.69 Å². The zero-order chi connectivity index (χ0) is 17.4. The zero-order valence-corrected chi connectivity index (χ0v) is 14.7. The molecule has 0 aliphatic carbocycles. The maximum absolute atomic E-state index is 12.8. The highest BCUT2D eigenvalue weighted by Gasteiger charge is 2.29. The molecule has 2 aromatic heterocycles. The van der Waals surface area contributed by atoms with E-state index in [1.165, 1.54) is 17.3 Å². The van der Waals surface area contributed by atoms with Gasteiger partial charge in [0, 0.05) is 12.2 Å². The second-order valence-corrected chi connectivity index (χ2v) is 7.18. The van der Waals surface area contributed by atoms with Crippen LogP contribution in [0.1, 0.15) is 18.2 Å². The lowest BCUT2D eigenvalue weighted by atomic mass is 10.2. The lowest BCUT2D eigenvalue weighted by Gasteiger charge is -2.20. The van der Waals surface area contributed by atoms with Gasteiger partial charge in [-0.2, -0.15) is 0 Å². The summed E-state index contributed by atoms with van der Waals surface area (Å²) in [6, 6.07) is 9.80. The Bertz CT molecular complexity index is 918. The summed E-state index contributed by atoms with van der Waals surface area (Å²) in [5.74, 6) is 1.17. The number of aromatic nitrogens is 2. The standard InChI is InChI=1S/C18H17N3O3S/c1-11-14(8-10-23-11)16-19-20-18(24-16)25-12(2)17(22)21-9-7-13-5-3-4-6-15(13)21/h3-6,8,10,12H,7,9H2,1-2H3. The average molecular weight is 355 g/mol. The van der Waals surface area contributed by atoms with Crippen molar-refractivity contribution in [1.29, 1.82) is 0 Å². The molecule has 1 aliphatic rings. The van der Waals surface area contributed by atoms with Crippen molar-refractivity contribution in [2.45, 2.75) is 30.7 Å². The number of amides is 1. The number of furan rings is 1. The molecule has 1 amide bonds. The molecule has 1 atom stereocenters. The van der Waals surface area contributed by atoms with Crippen LogP contribution in [0, 0.1) is 6.92 Å². The third-order valence-corrected chi connectivity index (χ3v) is 5.20. The monoisotopic (exact) mass is 355 g/mol. The van der Waals surface area contributed by atoms with E-state index in [-0.39, 0.29) is 11.2 Å². The molecule has 6 nitrogen and oxygen atoms in total. The predicted octanol–water partition coefficient (Wildman–Crippen LogP) is 3.71. The third kappa shape index (κ3) is 2.95. The second-order valence-electron chi connectivity index (χ2n) is 5.89. The lowest BCUT2D eigenvalue weighted by Crippen LogP contribution is -2.35. The fourth-order valence-electron chi connectivity index (χ4n) is 2.96. The van der Waals surface area contributed by atoms with Gasteiger partial charge in [0.1, 0.15) is 5.76 Å². The van der Waals surface area contributed by atoms with Gasteiger partial charge in [-0.15, -0.1) is 10.2 Å². The van der Waals surface area contributed by atoms with Crippen LogP contribution >= 0.6 is 11.8 Å². The topological polar surface area (TPSA) is 72.4 Å². The number of hydrogen-bond donors (Lipinski definition) is 0. The molecule has 1 unspecified atom stereocenters.